The number of carbonyl (C=O) groups is 2. The molecular weight excluding hydrogens is 476 g/mol. The quantitative estimate of drug-likeness (QED) is 0.567. The maximum absolute atomic E-state index is 13.2. The second-order valence-corrected chi connectivity index (χ2v) is 11.8. The molecule has 2 heterocycles. The predicted molar refractivity (Wildman–Crippen MR) is 140 cm³/mol. The molecule has 4 rings (SSSR count). The smallest absolute Gasteiger partial charge is 0.241 e. The molecule has 36 heavy (non-hydrogen) atoms. The molecule has 1 saturated heterocycles. The molecule has 194 valence electrons. The van der Waals surface area contributed by atoms with Gasteiger partial charge in [-0.2, -0.15) is 4.72 Å². The van der Waals surface area contributed by atoms with Gasteiger partial charge in [-0.25, -0.2) is 8.42 Å². The number of rotatable bonds is 8. The van der Waals surface area contributed by atoms with Crippen molar-refractivity contribution < 1.29 is 18.0 Å². The van der Waals surface area contributed by atoms with Crippen LogP contribution < -0.4 is 14.9 Å². The average molecular weight is 513 g/mol. The molecule has 2 aliphatic heterocycles. The van der Waals surface area contributed by atoms with Crippen molar-refractivity contribution in [2.24, 2.45) is 5.92 Å². The van der Waals surface area contributed by atoms with Gasteiger partial charge in [0.2, 0.25) is 21.8 Å². The monoisotopic (exact) mass is 512 g/mol. The Balaban J connectivity index is 1.36. The van der Waals surface area contributed by atoms with E-state index in [-0.39, 0.29) is 28.7 Å². The highest BCUT2D eigenvalue weighted by Gasteiger charge is 2.32. The fraction of sp³-hybridized carbons (Fsp3) is 0.481. The summed E-state index contributed by atoms with van der Waals surface area (Å²) in [7, 11) is -3.92. The van der Waals surface area contributed by atoms with Crippen LogP contribution in [-0.2, 0) is 32.6 Å². The number of fused-ring (bicyclic) bond motifs is 1. The van der Waals surface area contributed by atoms with Crippen LogP contribution in [0, 0.1) is 5.92 Å². The van der Waals surface area contributed by atoms with Crippen molar-refractivity contribution in [3.8, 4) is 0 Å². The molecule has 9 heteroatoms. The van der Waals surface area contributed by atoms with Crippen LogP contribution in [0.4, 0.5) is 5.69 Å². The fourth-order valence-electron chi connectivity index (χ4n) is 4.97. The summed E-state index contributed by atoms with van der Waals surface area (Å²) < 4.78 is 29.0. The van der Waals surface area contributed by atoms with Gasteiger partial charge in [0.1, 0.15) is 6.04 Å². The van der Waals surface area contributed by atoms with Crippen molar-refractivity contribution in [3.05, 3.63) is 59.7 Å². The van der Waals surface area contributed by atoms with Crippen LogP contribution in [0.25, 0.3) is 0 Å². The topological polar surface area (TPSA) is 98.8 Å². The Hall–Kier alpha value is -2.75. The van der Waals surface area contributed by atoms with Gasteiger partial charge in [0.25, 0.3) is 0 Å². The van der Waals surface area contributed by atoms with Crippen molar-refractivity contribution in [2.45, 2.75) is 63.6 Å². The van der Waals surface area contributed by atoms with Gasteiger partial charge in [-0.3, -0.25) is 14.5 Å². The average Bonchev–Trinajstić information content (AvgIpc) is 3.28. The van der Waals surface area contributed by atoms with Crippen molar-refractivity contribution in [1.82, 2.24) is 14.9 Å². The number of hydrogen-bond donors (Lipinski definition) is 2. The second-order valence-electron chi connectivity index (χ2n) is 10.1. The molecule has 8 nitrogen and oxygen atoms in total. The van der Waals surface area contributed by atoms with Crippen molar-refractivity contribution >= 4 is 27.5 Å². The Labute approximate surface area is 214 Å². The highest BCUT2D eigenvalue weighted by atomic mass is 32.2. The Morgan fingerprint density at radius 3 is 2.36 bits per heavy atom. The van der Waals surface area contributed by atoms with E-state index in [1.165, 1.54) is 18.6 Å². The van der Waals surface area contributed by atoms with Crippen LogP contribution in [-0.4, -0.2) is 56.9 Å². The Morgan fingerprint density at radius 1 is 1.03 bits per heavy atom. The molecule has 0 saturated carbocycles. The van der Waals surface area contributed by atoms with E-state index < -0.39 is 16.1 Å². The summed E-state index contributed by atoms with van der Waals surface area (Å²) in [6, 6.07) is 14.3. The lowest BCUT2D eigenvalue weighted by Crippen LogP contribution is -2.53. The normalized spacial score (nSPS) is 17.7. The van der Waals surface area contributed by atoms with Gasteiger partial charge < -0.3 is 10.2 Å². The van der Waals surface area contributed by atoms with Crippen LogP contribution in [0.1, 0.15) is 44.7 Å². The predicted octanol–water partition coefficient (Wildman–Crippen LogP) is 2.68. The van der Waals surface area contributed by atoms with Gasteiger partial charge in [0.15, 0.2) is 0 Å². The maximum Gasteiger partial charge on any atom is 0.241 e. The highest BCUT2D eigenvalue weighted by Crippen LogP contribution is 2.30. The molecule has 1 unspecified atom stereocenters. The van der Waals surface area contributed by atoms with Crippen LogP contribution in [0.2, 0.25) is 0 Å². The molecule has 2 aromatic rings. The number of hydrogen-bond acceptors (Lipinski definition) is 5. The molecule has 0 aliphatic carbocycles. The van der Waals surface area contributed by atoms with Crippen LogP contribution in [0.15, 0.2) is 53.4 Å². The Kier molecular flexibility index (Phi) is 8.12. The zero-order chi connectivity index (χ0) is 25.9. The first kappa shape index (κ1) is 26.3. The molecule has 0 spiro atoms. The van der Waals surface area contributed by atoms with Gasteiger partial charge in [0.05, 0.1) is 4.90 Å². The van der Waals surface area contributed by atoms with Crippen molar-refractivity contribution in [2.75, 3.05) is 24.5 Å². The van der Waals surface area contributed by atoms with E-state index >= 15 is 0 Å². The molecule has 0 bridgehead atoms. The fourth-order valence-corrected chi connectivity index (χ4v) is 6.36. The summed E-state index contributed by atoms with van der Waals surface area (Å²) in [5.74, 6) is -0.579. The number of nitrogens with one attached hydrogen (secondary N) is 2. The summed E-state index contributed by atoms with van der Waals surface area (Å²) in [6.07, 6.45) is 2.26. The molecule has 0 aromatic heterocycles. The molecule has 0 radical (unpaired) electrons. The minimum absolute atomic E-state index is 0.0211. The number of benzene rings is 2. The van der Waals surface area contributed by atoms with Gasteiger partial charge in [-0.15, -0.1) is 0 Å². The number of likely N-dealkylation sites (tertiary alicyclic amines) is 1. The van der Waals surface area contributed by atoms with Gasteiger partial charge >= 0.3 is 0 Å². The molecule has 1 fully saturated rings. The van der Waals surface area contributed by atoms with E-state index in [1.54, 1.807) is 17.0 Å². The van der Waals surface area contributed by atoms with E-state index in [1.807, 2.05) is 32.0 Å². The van der Waals surface area contributed by atoms with Gasteiger partial charge in [-0.1, -0.05) is 44.2 Å². The molecule has 2 N–H and O–H groups in total. The standard InChI is InChI=1S/C27H36N4O4S/c1-19(2)26(27(33)28-23-12-14-30(15-13-23)18-21-7-5-4-6-8-21)29-36(34,35)24-9-10-25-22(17-24)11-16-31(25)20(3)32/h4-10,17,19,23,26,29H,11-16,18H2,1-3H3,(H,28,33). The summed E-state index contributed by atoms with van der Waals surface area (Å²) in [4.78, 5) is 29.1. The lowest BCUT2D eigenvalue weighted by molar-refractivity contribution is -0.124. The number of anilines is 1. The molecular formula is C27H36N4O4S. The molecule has 2 aromatic carbocycles. The lowest BCUT2D eigenvalue weighted by atomic mass is 10.0. The summed E-state index contributed by atoms with van der Waals surface area (Å²) in [5, 5.41) is 3.08. The number of carbonyl (C=O) groups excluding carboxylic acids is 2. The van der Waals surface area contributed by atoms with Crippen molar-refractivity contribution in [3.63, 3.8) is 0 Å². The van der Waals surface area contributed by atoms with Crippen LogP contribution in [0.5, 0.6) is 0 Å². The first-order valence-electron chi connectivity index (χ1n) is 12.6. The highest BCUT2D eigenvalue weighted by molar-refractivity contribution is 7.89. The maximum atomic E-state index is 13.2. The van der Waals surface area contributed by atoms with Gasteiger partial charge in [0, 0.05) is 44.8 Å². The van der Waals surface area contributed by atoms with E-state index in [9.17, 15) is 18.0 Å². The first-order chi connectivity index (χ1) is 17.1. The van der Waals surface area contributed by atoms with E-state index in [4.69, 9.17) is 0 Å². The van der Waals surface area contributed by atoms with E-state index in [2.05, 4.69) is 27.1 Å². The number of amides is 2. The zero-order valence-corrected chi connectivity index (χ0v) is 22.1. The van der Waals surface area contributed by atoms with Gasteiger partial charge in [-0.05, 0) is 54.5 Å². The summed E-state index contributed by atoms with van der Waals surface area (Å²) in [6.45, 7) is 8.36. The summed E-state index contributed by atoms with van der Waals surface area (Å²) >= 11 is 0. The minimum atomic E-state index is -3.92. The van der Waals surface area contributed by atoms with E-state index in [0.717, 1.165) is 43.7 Å². The zero-order valence-electron chi connectivity index (χ0n) is 21.2. The largest absolute Gasteiger partial charge is 0.352 e. The molecule has 1 atom stereocenters. The third-order valence-electron chi connectivity index (χ3n) is 7.05. The Morgan fingerprint density at radius 2 is 1.72 bits per heavy atom. The van der Waals surface area contributed by atoms with Crippen LogP contribution in [0.3, 0.4) is 0 Å². The molecule has 2 aliphatic rings. The van der Waals surface area contributed by atoms with E-state index in [0.29, 0.717) is 13.0 Å². The SMILES string of the molecule is CC(=O)N1CCc2cc(S(=O)(=O)NC(C(=O)NC3CCN(Cc4ccccc4)CC3)C(C)C)ccc21. The first-order valence-corrected chi connectivity index (χ1v) is 14.1. The van der Waals surface area contributed by atoms with Crippen molar-refractivity contribution in [1.29, 1.82) is 0 Å². The third kappa shape index (κ3) is 6.14. The molecule has 2 amide bonds. The lowest BCUT2D eigenvalue weighted by Gasteiger charge is -2.33. The van der Waals surface area contributed by atoms with Crippen LogP contribution >= 0.6 is 0 Å². The number of sulfonamides is 1. The number of piperidine rings is 1. The minimum Gasteiger partial charge on any atom is -0.352 e. The third-order valence-corrected chi connectivity index (χ3v) is 8.49. The number of nitrogens with zero attached hydrogens (tertiary/aromatic N) is 2. The second kappa shape index (κ2) is 11.1. The Bertz CT molecular complexity index is 1190. The summed E-state index contributed by atoms with van der Waals surface area (Å²) in [5.41, 5.74) is 2.84.